The van der Waals surface area contributed by atoms with Gasteiger partial charge in [0.05, 0.1) is 7.11 Å². The minimum Gasteiger partial charge on any atom is -0.478 e. The van der Waals surface area contributed by atoms with E-state index in [1.54, 1.807) is 0 Å². The van der Waals surface area contributed by atoms with Crippen LogP contribution in [0.15, 0.2) is 6.07 Å². The molecule has 0 bridgehead atoms. The highest BCUT2D eigenvalue weighted by Gasteiger charge is 2.34. The molecule has 90 valence electrons. The topological polar surface area (TPSA) is 57.4 Å². The van der Waals surface area contributed by atoms with Crippen LogP contribution >= 0.6 is 22.6 Å². The minimum absolute atomic E-state index is 0.0969. The van der Waals surface area contributed by atoms with Crippen LogP contribution in [0.4, 0.5) is 13.2 Å². The Morgan fingerprint density at radius 3 is 2.56 bits per heavy atom. The van der Waals surface area contributed by atoms with Gasteiger partial charge in [-0.15, -0.1) is 13.2 Å². The fourth-order valence-corrected chi connectivity index (χ4v) is 1.64. The van der Waals surface area contributed by atoms with Crippen molar-refractivity contribution in [2.24, 2.45) is 5.73 Å². The van der Waals surface area contributed by atoms with Gasteiger partial charge in [-0.25, -0.2) is 4.98 Å². The summed E-state index contributed by atoms with van der Waals surface area (Å²) in [7, 11) is 1.21. The molecule has 1 aromatic rings. The molecule has 4 nitrogen and oxygen atoms in total. The number of halogens is 4. The minimum atomic E-state index is -4.80. The number of aromatic nitrogens is 1. The molecular weight excluding hydrogens is 340 g/mol. The van der Waals surface area contributed by atoms with E-state index >= 15 is 0 Å². The number of rotatable bonds is 3. The third kappa shape index (κ3) is 3.37. The largest absolute Gasteiger partial charge is 0.573 e. The monoisotopic (exact) mass is 348 g/mol. The van der Waals surface area contributed by atoms with Gasteiger partial charge >= 0.3 is 6.36 Å². The van der Waals surface area contributed by atoms with Crippen LogP contribution in [0.5, 0.6) is 11.6 Å². The van der Waals surface area contributed by atoms with Crippen molar-refractivity contribution in [3.8, 4) is 11.6 Å². The van der Waals surface area contributed by atoms with Crippen molar-refractivity contribution < 1.29 is 22.6 Å². The molecule has 16 heavy (non-hydrogen) atoms. The van der Waals surface area contributed by atoms with Crippen molar-refractivity contribution in [3.05, 3.63) is 15.3 Å². The number of nitrogens with two attached hydrogens (primary N) is 1. The van der Waals surface area contributed by atoms with E-state index < -0.39 is 12.1 Å². The summed E-state index contributed by atoms with van der Waals surface area (Å²) in [5.74, 6) is -0.720. The lowest BCUT2D eigenvalue weighted by molar-refractivity contribution is -0.275. The van der Waals surface area contributed by atoms with Gasteiger partial charge in [0.2, 0.25) is 0 Å². The first kappa shape index (κ1) is 13.3. The summed E-state index contributed by atoms with van der Waals surface area (Å²) >= 11 is 1.85. The van der Waals surface area contributed by atoms with Crippen molar-refractivity contribution in [1.29, 1.82) is 0 Å². The highest BCUT2D eigenvalue weighted by Crippen LogP contribution is 2.34. The predicted octanol–water partition coefficient (Wildman–Crippen LogP) is 2.05. The highest BCUT2D eigenvalue weighted by molar-refractivity contribution is 14.1. The first-order valence-corrected chi connectivity index (χ1v) is 5.14. The SMILES string of the molecule is COc1nc(I)cc(CN)c1OC(F)(F)F. The number of methoxy groups -OCH3 is 1. The Labute approximate surface area is 103 Å². The number of ether oxygens (including phenoxy) is 2. The maximum Gasteiger partial charge on any atom is 0.573 e. The molecule has 0 spiro atoms. The van der Waals surface area contributed by atoms with Crippen LogP contribution in [0, 0.1) is 3.70 Å². The molecule has 0 aliphatic rings. The van der Waals surface area contributed by atoms with Crippen LogP contribution in [0.3, 0.4) is 0 Å². The Kier molecular flexibility index (Phi) is 4.19. The lowest BCUT2D eigenvalue weighted by Gasteiger charge is -2.15. The molecule has 0 fully saturated rings. The molecular formula is C8H8F3IN2O2. The average molecular weight is 348 g/mol. The summed E-state index contributed by atoms with van der Waals surface area (Å²) < 4.78 is 45.4. The summed E-state index contributed by atoms with van der Waals surface area (Å²) in [4.78, 5) is 3.77. The second-order valence-electron chi connectivity index (χ2n) is 2.69. The van der Waals surface area contributed by atoms with Gasteiger partial charge < -0.3 is 15.2 Å². The molecule has 1 aromatic heterocycles. The normalized spacial score (nSPS) is 11.4. The van der Waals surface area contributed by atoms with Gasteiger partial charge in [0.25, 0.3) is 5.88 Å². The molecule has 0 saturated heterocycles. The van der Waals surface area contributed by atoms with Crippen LogP contribution in [0.25, 0.3) is 0 Å². The lowest BCUT2D eigenvalue weighted by atomic mass is 10.2. The molecule has 8 heteroatoms. The summed E-state index contributed by atoms with van der Waals surface area (Å²) in [5, 5.41) is 0. The summed E-state index contributed by atoms with van der Waals surface area (Å²) in [6, 6.07) is 1.41. The molecule has 0 amide bonds. The molecule has 1 heterocycles. The Hall–Kier alpha value is -0.770. The Bertz CT molecular complexity index is 359. The summed E-state index contributed by atoms with van der Waals surface area (Å²) in [6.45, 7) is -0.0969. The molecule has 0 aliphatic heterocycles. The molecule has 0 unspecified atom stereocenters. The van der Waals surface area contributed by atoms with Gasteiger partial charge in [0.15, 0.2) is 5.75 Å². The Balaban J connectivity index is 3.22. The van der Waals surface area contributed by atoms with E-state index in [4.69, 9.17) is 10.5 Å². The second-order valence-corrected chi connectivity index (χ2v) is 3.80. The van der Waals surface area contributed by atoms with E-state index in [1.807, 2.05) is 22.6 Å². The van der Waals surface area contributed by atoms with Crippen LogP contribution in [0.1, 0.15) is 5.56 Å². The summed E-state index contributed by atoms with van der Waals surface area (Å²) in [6.07, 6.45) is -4.80. The van der Waals surface area contributed by atoms with E-state index in [0.717, 1.165) is 0 Å². The number of hydrogen-bond acceptors (Lipinski definition) is 4. The highest BCUT2D eigenvalue weighted by atomic mass is 127. The van der Waals surface area contributed by atoms with Gasteiger partial charge in [-0.3, -0.25) is 0 Å². The Morgan fingerprint density at radius 1 is 1.50 bits per heavy atom. The van der Waals surface area contributed by atoms with E-state index in [0.29, 0.717) is 3.70 Å². The molecule has 0 aliphatic carbocycles. The lowest BCUT2D eigenvalue weighted by Crippen LogP contribution is -2.20. The van der Waals surface area contributed by atoms with Crippen LogP contribution in [-0.4, -0.2) is 18.5 Å². The van der Waals surface area contributed by atoms with Crippen LogP contribution in [0.2, 0.25) is 0 Å². The quantitative estimate of drug-likeness (QED) is 0.671. The van der Waals surface area contributed by atoms with Crippen LogP contribution < -0.4 is 15.2 Å². The second kappa shape index (κ2) is 5.04. The number of alkyl halides is 3. The van der Waals surface area contributed by atoms with Crippen molar-refractivity contribution >= 4 is 22.6 Å². The molecule has 0 saturated carbocycles. The fourth-order valence-electron chi connectivity index (χ4n) is 1.04. The number of nitrogens with zero attached hydrogens (tertiary/aromatic N) is 1. The van der Waals surface area contributed by atoms with E-state index in [9.17, 15) is 13.2 Å². The molecule has 0 atom stereocenters. The average Bonchev–Trinajstić information content (AvgIpc) is 2.18. The maximum atomic E-state index is 12.1. The zero-order valence-electron chi connectivity index (χ0n) is 8.14. The van der Waals surface area contributed by atoms with Crippen molar-refractivity contribution in [3.63, 3.8) is 0 Å². The first-order chi connectivity index (χ1) is 7.37. The smallest absolute Gasteiger partial charge is 0.478 e. The molecule has 1 rings (SSSR count). The van der Waals surface area contributed by atoms with Gasteiger partial charge in [0, 0.05) is 12.1 Å². The molecule has 2 N–H and O–H groups in total. The van der Waals surface area contributed by atoms with Gasteiger partial charge in [-0.1, -0.05) is 0 Å². The maximum absolute atomic E-state index is 12.1. The predicted molar refractivity (Wildman–Crippen MR) is 58.1 cm³/mol. The standard InChI is InChI=1S/C8H8F3IN2O2/c1-15-7-6(16-8(9,10)11)4(3-13)2-5(12)14-7/h2H,3,13H2,1H3. The Morgan fingerprint density at radius 2 is 2.12 bits per heavy atom. The van der Waals surface area contributed by atoms with E-state index in [1.165, 1.54) is 13.2 Å². The van der Waals surface area contributed by atoms with Gasteiger partial charge in [0.1, 0.15) is 3.70 Å². The zero-order chi connectivity index (χ0) is 12.3. The van der Waals surface area contributed by atoms with Crippen molar-refractivity contribution in [2.45, 2.75) is 12.9 Å². The third-order valence-corrected chi connectivity index (χ3v) is 2.17. The number of pyridine rings is 1. The van der Waals surface area contributed by atoms with Gasteiger partial charge in [-0.2, -0.15) is 0 Å². The fraction of sp³-hybridized carbons (Fsp3) is 0.375. The van der Waals surface area contributed by atoms with E-state index in [2.05, 4.69) is 9.72 Å². The van der Waals surface area contributed by atoms with Gasteiger partial charge in [-0.05, 0) is 28.7 Å². The number of hydrogen-bond donors (Lipinski definition) is 1. The molecule has 0 radical (unpaired) electrons. The van der Waals surface area contributed by atoms with Crippen LogP contribution in [-0.2, 0) is 6.54 Å². The molecule has 0 aromatic carbocycles. The van der Waals surface area contributed by atoms with Crippen molar-refractivity contribution in [1.82, 2.24) is 4.98 Å². The first-order valence-electron chi connectivity index (χ1n) is 4.06. The van der Waals surface area contributed by atoms with Crippen molar-refractivity contribution in [2.75, 3.05) is 7.11 Å². The summed E-state index contributed by atoms with van der Waals surface area (Å²) in [5.41, 5.74) is 5.52. The third-order valence-electron chi connectivity index (χ3n) is 1.62. The zero-order valence-corrected chi connectivity index (χ0v) is 10.3. The van der Waals surface area contributed by atoms with E-state index in [-0.39, 0.29) is 18.0 Å².